The van der Waals surface area contributed by atoms with E-state index in [1.807, 2.05) is 0 Å². The number of carbonyl (C=O) groups excluding carboxylic acids is 2. The molecule has 0 radical (unpaired) electrons. The van der Waals surface area contributed by atoms with E-state index in [0.29, 0.717) is 6.07 Å². The quantitative estimate of drug-likeness (QED) is 0.328. The first-order chi connectivity index (χ1) is 18.0. The first-order valence-corrected chi connectivity index (χ1v) is 11.5. The molecular formula is C24H21ClF4N6O3. The molecule has 5 N–H and O–H groups in total. The van der Waals surface area contributed by atoms with E-state index in [-0.39, 0.29) is 59.5 Å². The third kappa shape index (κ3) is 6.11. The molecule has 1 atom stereocenters. The lowest BCUT2D eigenvalue weighted by Crippen LogP contribution is -2.59. The predicted octanol–water partition coefficient (Wildman–Crippen LogP) is 3.82. The highest BCUT2D eigenvalue weighted by molar-refractivity contribution is 6.31. The van der Waals surface area contributed by atoms with Gasteiger partial charge in [-0.15, -0.1) is 0 Å². The average molecular weight is 553 g/mol. The van der Waals surface area contributed by atoms with Crippen molar-refractivity contribution in [2.24, 2.45) is 0 Å². The lowest BCUT2D eigenvalue weighted by atomic mass is 9.96. The van der Waals surface area contributed by atoms with E-state index in [2.05, 4.69) is 25.9 Å². The highest BCUT2D eigenvalue weighted by Gasteiger charge is 2.44. The van der Waals surface area contributed by atoms with Gasteiger partial charge in [0.2, 0.25) is 5.91 Å². The zero-order chi connectivity index (χ0) is 27.5. The maximum atomic E-state index is 13.4. The van der Waals surface area contributed by atoms with Crippen LogP contribution in [0, 0.1) is 5.82 Å². The Morgan fingerprint density at radius 2 is 1.95 bits per heavy atom. The molecule has 0 saturated carbocycles. The molecule has 200 valence electrons. The van der Waals surface area contributed by atoms with Crippen molar-refractivity contribution >= 4 is 40.5 Å². The summed E-state index contributed by atoms with van der Waals surface area (Å²) < 4.78 is 58.5. The highest BCUT2D eigenvalue weighted by Crippen LogP contribution is 2.36. The van der Waals surface area contributed by atoms with Crippen LogP contribution in [0.5, 0.6) is 0 Å². The molecule has 38 heavy (non-hydrogen) atoms. The molecule has 0 bridgehead atoms. The molecule has 2 amide bonds. The number of hydrogen-bond acceptors (Lipinski definition) is 7. The summed E-state index contributed by atoms with van der Waals surface area (Å²) in [5.41, 5.74) is 3.54. The van der Waals surface area contributed by atoms with Gasteiger partial charge in [0.15, 0.2) is 0 Å². The topological polar surface area (TPSA) is 131 Å². The molecule has 0 spiro atoms. The van der Waals surface area contributed by atoms with E-state index >= 15 is 0 Å². The Labute approximate surface area is 218 Å². The van der Waals surface area contributed by atoms with E-state index in [4.69, 9.17) is 22.1 Å². The zero-order valence-corrected chi connectivity index (χ0v) is 20.3. The van der Waals surface area contributed by atoms with Crippen molar-refractivity contribution in [3.63, 3.8) is 0 Å². The van der Waals surface area contributed by atoms with Gasteiger partial charge >= 0.3 is 6.18 Å². The molecule has 0 aliphatic carbocycles. The second kappa shape index (κ2) is 10.8. The standard InChI is InChI=1S/C24H21ClF4N6O3/c25-18-7-16(34-19-2-1-14(26)6-17(19)24(27,28)29)10-32-20(18)11-33-22(37)23(3-4-38-12-23)35-21(36)13-5-15(30)9-31-8-13/h1-2,5-10,34H,3-4,11-12,30H2,(H,33,37)(H,35,36). The van der Waals surface area contributed by atoms with Gasteiger partial charge in [0, 0.05) is 25.4 Å². The summed E-state index contributed by atoms with van der Waals surface area (Å²) in [6, 6.07) is 4.97. The van der Waals surface area contributed by atoms with Gasteiger partial charge in [-0.2, -0.15) is 13.2 Å². The third-order valence-electron chi connectivity index (χ3n) is 5.73. The number of nitrogen functional groups attached to an aromatic ring is 1. The number of hydrogen-bond donors (Lipinski definition) is 4. The fraction of sp³-hybridized carbons (Fsp3) is 0.250. The normalized spacial score (nSPS) is 17.2. The van der Waals surface area contributed by atoms with Crippen molar-refractivity contribution in [2.75, 3.05) is 24.3 Å². The number of aromatic nitrogens is 2. The largest absolute Gasteiger partial charge is 0.418 e. The summed E-state index contributed by atoms with van der Waals surface area (Å²) in [4.78, 5) is 33.8. The molecule has 1 aliphatic rings. The summed E-state index contributed by atoms with van der Waals surface area (Å²) in [6.07, 6.45) is -0.658. The fourth-order valence-corrected chi connectivity index (χ4v) is 4.02. The Balaban J connectivity index is 1.44. The first-order valence-electron chi connectivity index (χ1n) is 11.1. The van der Waals surface area contributed by atoms with Crippen LogP contribution in [0.2, 0.25) is 5.02 Å². The number of nitrogens with one attached hydrogen (secondary N) is 3. The number of alkyl halides is 3. The summed E-state index contributed by atoms with van der Waals surface area (Å²) in [5, 5.41) is 7.94. The van der Waals surface area contributed by atoms with Crippen molar-refractivity contribution in [1.29, 1.82) is 0 Å². The number of anilines is 3. The number of amides is 2. The maximum Gasteiger partial charge on any atom is 0.418 e. The molecule has 1 fully saturated rings. The van der Waals surface area contributed by atoms with E-state index in [9.17, 15) is 27.2 Å². The van der Waals surface area contributed by atoms with Crippen LogP contribution in [0.3, 0.4) is 0 Å². The van der Waals surface area contributed by atoms with Gasteiger partial charge in [-0.3, -0.25) is 19.6 Å². The minimum Gasteiger partial charge on any atom is -0.397 e. The highest BCUT2D eigenvalue weighted by atomic mass is 35.5. The molecule has 2 aromatic heterocycles. The smallest absolute Gasteiger partial charge is 0.397 e. The number of benzene rings is 1. The van der Waals surface area contributed by atoms with Crippen LogP contribution in [0.1, 0.15) is 28.0 Å². The minimum absolute atomic E-state index is 0.0533. The molecule has 1 unspecified atom stereocenters. The lowest BCUT2D eigenvalue weighted by Gasteiger charge is -2.27. The van der Waals surface area contributed by atoms with Crippen LogP contribution >= 0.6 is 11.6 Å². The molecule has 9 nitrogen and oxygen atoms in total. The van der Waals surface area contributed by atoms with Crippen molar-refractivity contribution in [1.82, 2.24) is 20.6 Å². The molecular weight excluding hydrogens is 532 g/mol. The van der Waals surface area contributed by atoms with Gasteiger partial charge in [0.05, 0.1) is 58.3 Å². The molecule has 4 rings (SSSR count). The zero-order valence-electron chi connectivity index (χ0n) is 19.5. The van der Waals surface area contributed by atoms with Crippen molar-refractivity contribution in [2.45, 2.75) is 24.7 Å². The van der Waals surface area contributed by atoms with Crippen LogP contribution in [0.15, 0.2) is 48.9 Å². The fourth-order valence-electron chi connectivity index (χ4n) is 3.78. The van der Waals surface area contributed by atoms with Crippen molar-refractivity contribution in [3.8, 4) is 0 Å². The van der Waals surface area contributed by atoms with Crippen LogP contribution in [0.4, 0.5) is 34.6 Å². The number of rotatable bonds is 7. The van der Waals surface area contributed by atoms with Crippen LogP contribution in [-0.4, -0.2) is 40.5 Å². The van der Waals surface area contributed by atoms with Gasteiger partial charge in [-0.05, 0) is 30.3 Å². The molecule has 1 aliphatic heterocycles. The van der Waals surface area contributed by atoms with Gasteiger partial charge in [0.1, 0.15) is 11.4 Å². The Hall–Kier alpha value is -3.97. The number of pyridine rings is 2. The second-order valence-corrected chi connectivity index (χ2v) is 8.90. The number of nitrogens with zero attached hydrogens (tertiary/aromatic N) is 2. The summed E-state index contributed by atoms with van der Waals surface area (Å²) in [6.45, 7) is 0.0366. The molecule has 1 saturated heterocycles. The third-order valence-corrected chi connectivity index (χ3v) is 6.06. The van der Waals surface area contributed by atoms with Crippen molar-refractivity contribution in [3.05, 3.63) is 76.6 Å². The predicted molar refractivity (Wildman–Crippen MR) is 130 cm³/mol. The molecule has 14 heteroatoms. The van der Waals surface area contributed by atoms with Crippen LogP contribution < -0.4 is 21.7 Å². The Bertz CT molecular complexity index is 1370. The average Bonchev–Trinajstić information content (AvgIpc) is 3.33. The number of halogens is 5. The SMILES string of the molecule is Nc1cncc(C(=O)NC2(C(=O)NCc3ncc(Nc4ccc(F)cc4C(F)(F)F)cc3Cl)CCOC2)c1. The van der Waals surface area contributed by atoms with Gasteiger partial charge < -0.3 is 26.4 Å². The Morgan fingerprint density at radius 3 is 2.61 bits per heavy atom. The number of ether oxygens (including phenoxy) is 1. The summed E-state index contributed by atoms with van der Waals surface area (Å²) in [7, 11) is 0. The van der Waals surface area contributed by atoms with E-state index in [0.717, 1.165) is 12.1 Å². The molecule has 1 aromatic carbocycles. The van der Waals surface area contributed by atoms with Gasteiger partial charge in [-0.25, -0.2) is 4.39 Å². The first kappa shape index (κ1) is 27.1. The van der Waals surface area contributed by atoms with Gasteiger partial charge in [0.25, 0.3) is 5.91 Å². The van der Waals surface area contributed by atoms with E-state index < -0.39 is 34.9 Å². The van der Waals surface area contributed by atoms with Crippen molar-refractivity contribution < 1.29 is 31.9 Å². The lowest BCUT2D eigenvalue weighted by molar-refractivity contribution is -0.137. The monoisotopic (exact) mass is 552 g/mol. The number of carbonyl (C=O) groups is 2. The Morgan fingerprint density at radius 1 is 1.16 bits per heavy atom. The second-order valence-electron chi connectivity index (χ2n) is 8.49. The van der Waals surface area contributed by atoms with Gasteiger partial charge in [-0.1, -0.05) is 11.6 Å². The van der Waals surface area contributed by atoms with E-state index in [1.54, 1.807) is 0 Å². The molecule has 3 heterocycles. The van der Waals surface area contributed by atoms with Crippen LogP contribution in [0.25, 0.3) is 0 Å². The summed E-state index contributed by atoms with van der Waals surface area (Å²) in [5.74, 6) is -2.13. The van der Waals surface area contributed by atoms with E-state index in [1.165, 1.54) is 30.7 Å². The minimum atomic E-state index is -4.79. The summed E-state index contributed by atoms with van der Waals surface area (Å²) >= 11 is 6.26. The molecule has 3 aromatic rings. The Kier molecular flexibility index (Phi) is 7.69. The van der Waals surface area contributed by atoms with Crippen LogP contribution in [-0.2, 0) is 22.3 Å². The maximum absolute atomic E-state index is 13.4. The number of nitrogens with two attached hydrogens (primary N) is 1.